The number of benzene rings is 2. The summed E-state index contributed by atoms with van der Waals surface area (Å²) in [6, 6.07) is 5.85. The van der Waals surface area contributed by atoms with Crippen LogP contribution in [0.1, 0.15) is 31.7 Å². The maximum atomic E-state index is 16.9. The standard InChI is InChI=1S/C34H36F3N5O4/c1-2-23-26(36)5-4-20-10-22(43)11-24(27(20)23)29-28(37)30-25(13-38-29)31(41-8-9-44-16-33(15-41)17-45-18-33)40-32(39-30)46-19-34-6-3-7-42(34)14-21(35)12-34/h4-5,10-11,13,21,43H,2-3,6-9,12,14-19H2,1H3/t21-,34+/m1/s1. The van der Waals surface area contributed by atoms with Crippen LogP contribution < -0.4 is 9.64 Å². The van der Waals surface area contributed by atoms with E-state index in [-0.39, 0.29) is 40.6 Å². The molecule has 0 unspecified atom stereocenters. The van der Waals surface area contributed by atoms with Crippen molar-refractivity contribution in [3.63, 3.8) is 0 Å². The summed E-state index contributed by atoms with van der Waals surface area (Å²) in [5.74, 6) is -0.775. The molecule has 2 aromatic heterocycles. The number of pyridine rings is 1. The van der Waals surface area contributed by atoms with E-state index in [1.54, 1.807) is 6.07 Å². The molecule has 0 bridgehead atoms. The molecule has 242 valence electrons. The number of alkyl halides is 1. The smallest absolute Gasteiger partial charge is 0.319 e. The fourth-order valence-electron chi connectivity index (χ4n) is 7.93. The Morgan fingerprint density at radius 1 is 1.11 bits per heavy atom. The van der Waals surface area contributed by atoms with Crippen LogP contribution in [0.3, 0.4) is 0 Å². The van der Waals surface area contributed by atoms with Crippen LogP contribution in [-0.2, 0) is 15.9 Å². The van der Waals surface area contributed by atoms with E-state index in [2.05, 4.69) is 19.8 Å². The average Bonchev–Trinajstić information content (AvgIpc) is 3.44. The number of anilines is 1. The number of aryl methyl sites for hydroxylation is 1. The Labute approximate surface area is 264 Å². The second-order valence-electron chi connectivity index (χ2n) is 13.3. The van der Waals surface area contributed by atoms with E-state index >= 15 is 4.39 Å². The Morgan fingerprint density at radius 2 is 1.96 bits per heavy atom. The highest BCUT2D eigenvalue weighted by Gasteiger charge is 2.49. The van der Waals surface area contributed by atoms with Crippen molar-refractivity contribution in [2.75, 3.05) is 64.1 Å². The first-order valence-electron chi connectivity index (χ1n) is 16.0. The molecule has 0 amide bonds. The van der Waals surface area contributed by atoms with Crippen molar-refractivity contribution < 1.29 is 32.5 Å². The number of aromatic nitrogens is 3. The van der Waals surface area contributed by atoms with Crippen molar-refractivity contribution in [1.82, 2.24) is 19.9 Å². The number of hydrogen-bond donors (Lipinski definition) is 1. The number of hydrogen-bond acceptors (Lipinski definition) is 9. The third kappa shape index (κ3) is 4.84. The Bertz CT molecular complexity index is 1840. The van der Waals surface area contributed by atoms with Gasteiger partial charge in [0, 0.05) is 37.8 Å². The molecular formula is C34H36F3N5O4. The fourth-order valence-corrected chi connectivity index (χ4v) is 7.93. The predicted molar refractivity (Wildman–Crippen MR) is 166 cm³/mol. The van der Waals surface area contributed by atoms with Crippen molar-refractivity contribution in [2.24, 2.45) is 5.41 Å². The maximum Gasteiger partial charge on any atom is 0.319 e. The summed E-state index contributed by atoms with van der Waals surface area (Å²) >= 11 is 0. The van der Waals surface area contributed by atoms with Gasteiger partial charge in [-0.05, 0) is 60.3 Å². The van der Waals surface area contributed by atoms with Gasteiger partial charge >= 0.3 is 6.01 Å². The van der Waals surface area contributed by atoms with Gasteiger partial charge in [-0.2, -0.15) is 9.97 Å². The minimum atomic E-state index is -0.920. The first-order valence-corrected chi connectivity index (χ1v) is 16.0. The summed E-state index contributed by atoms with van der Waals surface area (Å²) in [5.41, 5.74) is -0.0421. The Balaban J connectivity index is 1.27. The van der Waals surface area contributed by atoms with Gasteiger partial charge in [0.05, 0.1) is 42.8 Å². The first kappa shape index (κ1) is 29.6. The van der Waals surface area contributed by atoms with Crippen LogP contribution in [0.25, 0.3) is 32.9 Å². The largest absolute Gasteiger partial charge is 0.508 e. The molecule has 9 nitrogen and oxygen atoms in total. The number of phenols is 1. The molecule has 2 aromatic carbocycles. The number of phenolic OH excluding ortho intramolecular Hbond substituents is 1. The highest BCUT2D eigenvalue weighted by molar-refractivity contribution is 6.01. The normalized spacial score (nSPS) is 24.4. The van der Waals surface area contributed by atoms with Crippen LogP contribution in [0.15, 0.2) is 30.5 Å². The molecule has 4 saturated heterocycles. The lowest BCUT2D eigenvalue weighted by Crippen LogP contribution is -2.52. The Hall–Kier alpha value is -3.74. The van der Waals surface area contributed by atoms with Gasteiger partial charge in [0.2, 0.25) is 0 Å². The van der Waals surface area contributed by atoms with Gasteiger partial charge in [-0.25, -0.2) is 13.2 Å². The van der Waals surface area contributed by atoms with Gasteiger partial charge in [-0.15, -0.1) is 0 Å². The van der Waals surface area contributed by atoms with E-state index < -0.39 is 23.3 Å². The summed E-state index contributed by atoms with van der Waals surface area (Å²) < 4.78 is 64.1. The lowest BCUT2D eigenvalue weighted by atomic mass is 9.86. The zero-order chi connectivity index (χ0) is 31.6. The minimum Gasteiger partial charge on any atom is -0.508 e. The predicted octanol–water partition coefficient (Wildman–Crippen LogP) is 5.20. The number of aromatic hydroxyl groups is 1. The van der Waals surface area contributed by atoms with E-state index in [0.717, 1.165) is 19.4 Å². The first-order chi connectivity index (χ1) is 22.3. The highest BCUT2D eigenvalue weighted by Crippen LogP contribution is 2.42. The van der Waals surface area contributed by atoms with Gasteiger partial charge in [0.1, 0.15) is 41.4 Å². The second kappa shape index (κ2) is 11.2. The summed E-state index contributed by atoms with van der Waals surface area (Å²) in [5, 5.41) is 12.0. The molecule has 4 aliphatic rings. The zero-order valence-corrected chi connectivity index (χ0v) is 25.7. The highest BCUT2D eigenvalue weighted by atomic mass is 19.1. The van der Waals surface area contributed by atoms with Crippen LogP contribution in [0.4, 0.5) is 19.0 Å². The third-order valence-corrected chi connectivity index (χ3v) is 10.2. The van der Waals surface area contributed by atoms with Crippen LogP contribution >= 0.6 is 0 Å². The van der Waals surface area contributed by atoms with Crippen LogP contribution in [0.2, 0.25) is 0 Å². The average molecular weight is 636 g/mol. The van der Waals surface area contributed by atoms with Crippen molar-refractivity contribution in [3.05, 3.63) is 47.7 Å². The lowest BCUT2D eigenvalue weighted by molar-refractivity contribution is -0.135. The molecule has 0 aliphatic carbocycles. The van der Waals surface area contributed by atoms with Gasteiger partial charge in [0.25, 0.3) is 0 Å². The third-order valence-electron chi connectivity index (χ3n) is 10.2. The van der Waals surface area contributed by atoms with Crippen LogP contribution in [0.5, 0.6) is 11.8 Å². The van der Waals surface area contributed by atoms with E-state index in [9.17, 15) is 13.9 Å². The molecule has 6 heterocycles. The maximum absolute atomic E-state index is 16.9. The van der Waals surface area contributed by atoms with E-state index in [0.29, 0.717) is 86.4 Å². The van der Waals surface area contributed by atoms with Crippen molar-refractivity contribution in [1.29, 1.82) is 0 Å². The summed E-state index contributed by atoms with van der Waals surface area (Å²) in [6.45, 7) is 6.41. The van der Waals surface area contributed by atoms with Gasteiger partial charge in [0.15, 0.2) is 5.82 Å². The van der Waals surface area contributed by atoms with Crippen molar-refractivity contribution >= 4 is 27.5 Å². The zero-order valence-electron chi connectivity index (χ0n) is 25.7. The second-order valence-corrected chi connectivity index (χ2v) is 13.3. The fraction of sp³-hybridized carbons (Fsp3) is 0.500. The molecule has 0 radical (unpaired) electrons. The molecule has 12 heteroatoms. The number of rotatable bonds is 6. The van der Waals surface area contributed by atoms with Gasteiger partial charge in [-0.3, -0.25) is 9.88 Å². The SMILES string of the molecule is CCc1c(F)ccc2cc(O)cc(-c3ncc4c(N5CCOCC6(COC6)C5)nc(OC[C@@]56CCCN5C[C@H](F)C6)nc4c3F)c12. The summed E-state index contributed by atoms with van der Waals surface area (Å²) in [6.07, 6.45) is 3.12. The summed E-state index contributed by atoms with van der Waals surface area (Å²) in [7, 11) is 0. The van der Waals surface area contributed by atoms with E-state index in [4.69, 9.17) is 19.2 Å². The topological polar surface area (TPSA) is 93.1 Å². The van der Waals surface area contributed by atoms with Crippen LogP contribution in [-0.4, -0.2) is 95.9 Å². The van der Waals surface area contributed by atoms with Crippen molar-refractivity contribution in [3.8, 4) is 23.0 Å². The molecule has 46 heavy (non-hydrogen) atoms. The monoisotopic (exact) mass is 635 g/mol. The van der Waals surface area contributed by atoms with E-state index in [1.807, 2.05) is 6.92 Å². The molecule has 4 aromatic rings. The van der Waals surface area contributed by atoms with Crippen molar-refractivity contribution in [2.45, 2.75) is 44.3 Å². The number of fused-ring (bicyclic) bond motifs is 3. The summed E-state index contributed by atoms with van der Waals surface area (Å²) in [4.78, 5) is 18.1. The molecular weight excluding hydrogens is 599 g/mol. The molecule has 0 saturated carbocycles. The van der Waals surface area contributed by atoms with Gasteiger partial charge < -0.3 is 24.2 Å². The Morgan fingerprint density at radius 3 is 2.76 bits per heavy atom. The molecule has 4 aliphatic heterocycles. The Kier molecular flexibility index (Phi) is 7.22. The number of nitrogens with zero attached hydrogens (tertiary/aromatic N) is 5. The van der Waals surface area contributed by atoms with E-state index in [1.165, 1.54) is 24.4 Å². The minimum absolute atomic E-state index is 0.00409. The number of halogens is 3. The van der Waals surface area contributed by atoms with Crippen LogP contribution in [0, 0.1) is 17.0 Å². The molecule has 1 N–H and O–H groups in total. The quantitative estimate of drug-likeness (QED) is 0.307. The molecule has 2 atom stereocenters. The lowest BCUT2D eigenvalue weighted by Gasteiger charge is -2.42. The molecule has 1 spiro atoms. The molecule has 8 rings (SSSR count). The molecule has 4 fully saturated rings. The number of ether oxygens (including phenoxy) is 3. The van der Waals surface area contributed by atoms with Gasteiger partial charge in [-0.1, -0.05) is 13.0 Å².